The second kappa shape index (κ2) is 10.1. The Kier molecular flexibility index (Phi) is 7.74. The van der Waals surface area contributed by atoms with E-state index in [1.54, 1.807) is 16.2 Å². The molecule has 0 aromatic carbocycles. The van der Waals surface area contributed by atoms with Crippen LogP contribution in [-0.4, -0.2) is 63.6 Å². The minimum atomic E-state index is -1.77. The Balaban J connectivity index is 1.53. The van der Waals surface area contributed by atoms with Crippen LogP contribution in [0.4, 0.5) is 0 Å². The van der Waals surface area contributed by atoms with Crippen LogP contribution in [0.1, 0.15) is 43.4 Å². The summed E-state index contributed by atoms with van der Waals surface area (Å²) in [4.78, 5) is 27.7. The molecule has 1 saturated heterocycles. The zero-order valence-corrected chi connectivity index (χ0v) is 17.5. The Morgan fingerprint density at radius 2 is 2.00 bits per heavy atom. The summed E-state index contributed by atoms with van der Waals surface area (Å²) in [6.45, 7) is 0.882. The molecule has 3 N–H and O–H groups in total. The van der Waals surface area contributed by atoms with Gasteiger partial charge in [0.2, 0.25) is 0 Å². The van der Waals surface area contributed by atoms with Crippen LogP contribution in [0.5, 0.6) is 0 Å². The number of likely N-dealkylation sites (tertiary alicyclic amines) is 1. The molecule has 0 spiro atoms. The van der Waals surface area contributed by atoms with Crippen molar-refractivity contribution in [1.82, 2.24) is 10.2 Å². The van der Waals surface area contributed by atoms with Gasteiger partial charge in [-0.05, 0) is 49.5 Å². The number of rotatable bonds is 7. The number of halogens is 1. The summed E-state index contributed by atoms with van der Waals surface area (Å²) in [6.07, 6.45) is 2.97. The van der Waals surface area contributed by atoms with E-state index in [9.17, 15) is 19.8 Å². The second-order valence-electron chi connectivity index (χ2n) is 7.72. The number of aliphatic hydroxyl groups excluding tert-OH is 2. The summed E-state index contributed by atoms with van der Waals surface area (Å²) >= 11 is 8.10. The van der Waals surface area contributed by atoms with Crippen LogP contribution in [0.25, 0.3) is 0 Å². The molecule has 0 bridgehead atoms. The number of carbonyl (C=O) groups is 2. The smallest absolute Gasteiger partial charge is 0.254 e. The summed E-state index contributed by atoms with van der Waals surface area (Å²) in [7, 11) is 0. The molecular formula is C20H29ClN2O4S. The molecule has 2 heterocycles. The molecule has 156 valence electrons. The Bertz CT molecular complexity index is 657. The molecule has 1 aliphatic heterocycles. The lowest BCUT2D eigenvalue weighted by Crippen LogP contribution is -2.53. The van der Waals surface area contributed by atoms with E-state index in [1.165, 1.54) is 0 Å². The highest BCUT2D eigenvalue weighted by Crippen LogP contribution is 2.37. The lowest BCUT2D eigenvalue weighted by atomic mass is 9.82. The van der Waals surface area contributed by atoms with Crippen molar-refractivity contribution in [3.8, 4) is 0 Å². The predicted molar refractivity (Wildman–Crippen MR) is 109 cm³/mol. The van der Waals surface area contributed by atoms with Crippen molar-refractivity contribution in [2.45, 2.75) is 68.6 Å². The molecule has 1 aromatic rings. The lowest BCUT2D eigenvalue weighted by molar-refractivity contribution is -0.154. The largest absolute Gasteiger partial charge is 0.380 e. The number of hydrogen-bond donors (Lipinski definition) is 3. The number of alkyl halides is 1. The third-order valence-electron chi connectivity index (χ3n) is 5.88. The van der Waals surface area contributed by atoms with Gasteiger partial charge >= 0.3 is 0 Å². The molecule has 3 rings (SSSR count). The van der Waals surface area contributed by atoms with Crippen LogP contribution in [-0.2, 0) is 16.0 Å². The molecular weight excluding hydrogens is 400 g/mol. The van der Waals surface area contributed by atoms with Crippen LogP contribution in [0.2, 0.25) is 0 Å². The Morgan fingerprint density at radius 1 is 1.21 bits per heavy atom. The molecule has 6 nitrogen and oxygen atoms in total. The standard InChI is InChI=1S/C20H29ClN2O4S/c21-15-7-2-1-6-14(15)16-8-3-11-23(16)20(27)18(25)17(24)19(26)22-10-9-13-5-4-12-28-13/h4-5,12,14-18,24-25H,1-3,6-11H2,(H,22,26)/t14?,15?,16?,17-,18-/m1/s1. The average Bonchev–Trinajstić information content (AvgIpc) is 3.38. The minimum Gasteiger partial charge on any atom is -0.380 e. The van der Waals surface area contributed by atoms with Crippen molar-refractivity contribution in [1.29, 1.82) is 0 Å². The molecule has 2 amide bonds. The summed E-state index contributed by atoms with van der Waals surface area (Å²) in [5.41, 5.74) is 0. The van der Waals surface area contributed by atoms with Gasteiger partial charge in [-0.1, -0.05) is 18.9 Å². The SMILES string of the molecule is O=C(NCCc1cccs1)[C@H](O)[C@@H](O)C(=O)N1CCCC1C1CCCCC1Cl. The van der Waals surface area contributed by atoms with E-state index in [0.29, 0.717) is 19.5 Å². The number of carbonyl (C=O) groups excluding carboxylic acids is 2. The number of nitrogens with zero attached hydrogens (tertiary/aromatic N) is 1. The predicted octanol–water partition coefficient (Wildman–Crippen LogP) is 1.92. The first-order valence-electron chi connectivity index (χ1n) is 10.1. The fourth-order valence-corrected chi connectivity index (χ4v) is 5.53. The highest BCUT2D eigenvalue weighted by molar-refractivity contribution is 7.09. The lowest BCUT2D eigenvalue weighted by Gasteiger charge is -2.38. The van der Waals surface area contributed by atoms with Crippen LogP contribution in [0.3, 0.4) is 0 Å². The van der Waals surface area contributed by atoms with Gasteiger partial charge in [0.1, 0.15) is 0 Å². The van der Waals surface area contributed by atoms with Crippen molar-refractivity contribution in [2.75, 3.05) is 13.1 Å². The fourth-order valence-electron chi connectivity index (χ4n) is 4.38. The maximum absolute atomic E-state index is 12.8. The van der Waals surface area contributed by atoms with Crippen LogP contribution >= 0.6 is 22.9 Å². The van der Waals surface area contributed by atoms with Gasteiger partial charge in [0.05, 0.1) is 0 Å². The van der Waals surface area contributed by atoms with Gasteiger partial charge in [-0.25, -0.2) is 0 Å². The number of nitrogens with one attached hydrogen (secondary N) is 1. The van der Waals surface area contributed by atoms with Crippen molar-refractivity contribution in [3.05, 3.63) is 22.4 Å². The van der Waals surface area contributed by atoms with Crippen LogP contribution < -0.4 is 5.32 Å². The van der Waals surface area contributed by atoms with E-state index in [4.69, 9.17) is 11.6 Å². The third-order valence-corrected chi connectivity index (χ3v) is 7.36. The quantitative estimate of drug-likeness (QED) is 0.579. The van der Waals surface area contributed by atoms with Crippen molar-refractivity contribution in [2.24, 2.45) is 5.92 Å². The van der Waals surface area contributed by atoms with E-state index in [2.05, 4.69) is 5.32 Å². The molecule has 1 aromatic heterocycles. The van der Waals surface area contributed by atoms with E-state index in [-0.39, 0.29) is 17.3 Å². The molecule has 2 fully saturated rings. The Hall–Kier alpha value is -1.15. The molecule has 1 aliphatic carbocycles. The summed E-state index contributed by atoms with van der Waals surface area (Å²) in [5, 5.41) is 25.1. The van der Waals surface area contributed by atoms with Gasteiger partial charge < -0.3 is 20.4 Å². The number of hydrogen-bond acceptors (Lipinski definition) is 5. The highest BCUT2D eigenvalue weighted by atomic mass is 35.5. The molecule has 8 heteroatoms. The zero-order valence-electron chi connectivity index (χ0n) is 15.9. The summed E-state index contributed by atoms with van der Waals surface area (Å²) in [5.74, 6) is -1.08. The van der Waals surface area contributed by atoms with Gasteiger partial charge in [-0.2, -0.15) is 0 Å². The fraction of sp³-hybridized carbons (Fsp3) is 0.700. The second-order valence-corrected chi connectivity index (χ2v) is 9.31. The van der Waals surface area contributed by atoms with Gasteiger partial charge in [-0.15, -0.1) is 22.9 Å². The van der Waals surface area contributed by atoms with Crippen molar-refractivity contribution in [3.63, 3.8) is 0 Å². The normalized spacial score (nSPS) is 27.4. The Labute approximate surface area is 174 Å². The van der Waals surface area contributed by atoms with Crippen LogP contribution in [0, 0.1) is 5.92 Å². The third kappa shape index (κ3) is 5.06. The first kappa shape index (κ1) is 21.6. The van der Waals surface area contributed by atoms with Crippen molar-refractivity contribution < 1.29 is 19.8 Å². The van der Waals surface area contributed by atoms with Gasteiger partial charge in [0, 0.05) is 29.4 Å². The molecule has 1 saturated carbocycles. The van der Waals surface area contributed by atoms with Crippen molar-refractivity contribution >= 4 is 34.8 Å². The maximum Gasteiger partial charge on any atom is 0.254 e. The highest BCUT2D eigenvalue weighted by Gasteiger charge is 2.42. The number of aliphatic hydroxyl groups is 2. The number of thiophene rings is 1. The molecule has 3 unspecified atom stereocenters. The molecule has 2 aliphatic rings. The van der Waals surface area contributed by atoms with Gasteiger partial charge in [-0.3, -0.25) is 9.59 Å². The molecule has 28 heavy (non-hydrogen) atoms. The first-order chi connectivity index (χ1) is 13.5. The molecule has 0 radical (unpaired) electrons. The number of amides is 2. The van der Waals surface area contributed by atoms with Gasteiger partial charge in [0.25, 0.3) is 11.8 Å². The first-order valence-corrected chi connectivity index (χ1v) is 11.4. The van der Waals surface area contributed by atoms with E-state index >= 15 is 0 Å². The summed E-state index contributed by atoms with van der Waals surface area (Å²) < 4.78 is 0. The van der Waals surface area contributed by atoms with E-state index < -0.39 is 24.0 Å². The van der Waals surface area contributed by atoms with Crippen LogP contribution in [0.15, 0.2) is 17.5 Å². The molecule has 5 atom stereocenters. The topological polar surface area (TPSA) is 89.9 Å². The average molecular weight is 429 g/mol. The minimum absolute atomic E-state index is 0.0148. The van der Waals surface area contributed by atoms with Gasteiger partial charge in [0.15, 0.2) is 12.2 Å². The summed E-state index contributed by atoms with van der Waals surface area (Å²) in [6, 6.07) is 3.89. The Morgan fingerprint density at radius 3 is 2.71 bits per heavy atom. The zero-order chi connectivity index (χ0) is 20.1. The van der Waals surface area contributed by atoms with E-state index in [0.717, 1.165) is 43.4 Å². The van der Waals surface area contributed by atoms with E-state index in [1.807, 2.05) is 17.5 Å². The monoisotopic (exact) mass is 428 g/mol. The maximum atomic E-state index is 12.8.